The summed E-state index contributed by atoms with van der Waals surface area (Å²) in [4.78, 5) is 22.5. The number of hydrogen-bond donors (Lipinski definition) is 2. The second-order valence-electron chi connectivity index (χ2n) is 3.81. The summed E-state index contributed by atoms with van der Waals surface area (Å²) in [6.45, 7) is 6.01. The van der Waals surface area contributed by atoms with Crippen LogP contribution in [0.4, 0.5) is 0 Å². The number of nitrogens with zero attached hydrogens (tertiary/aromatic N) is 1. The van der Waals surface area contributed by atoms with E-state index in [9.17, 15) is 9.59 Å². The molecule has 0 aliphatic carbocycles. The highest BCUT2D eigenvalue weighted by molar-refractivity contribution is 5.97. The van der Waals surface area contributed by atoms with Gasteiger partial charge in [0.1, 0.15) is 11.6 Å². The van der Waals surface area contributed by atoms with Gasteiger partial charge in [0.05, 0.1) is 13.0 Å². The van der Waals surface area contributed by atoms with Crippen LogP contribution in [0, 0.1) is 11.3 Å². The number of rotatable bonds is 7. The van der Waals surface area contributed by atoms with Gasteiger partial charge in [-0.1, -0.05) is 0 Å². The Morgan fingerprint density at radius 2 is 2.11 bits per heavy atom. The smallest absolute Gasteiger partial charge is 0.307 e. The van der Waals surface area contributed by atoms with Crippen LogP contribution >= 0.6 is 0 Å². The number of carbonyl (C=O) groups excluding carboxylic acids is 2. The molecule has 0 atom stereocenters. The first-order chi connectivity index (χ1) is 8.51. The average molecular weight is 253 g/mol. The second kappa shape index (κ2) is 9.05. The van der Waals surface area contributed by atoms with E-state index in [4.69, 9.17) is 10.00 Å². The molecule has 0 rings (SSSR count). The molecule has 0 aliphatic heterocycles. The van der Waals surface area contributed by atoms with E-state index < -0.39 is 5.91 Å². The third-order valence-corrected chi connectivity index (χ3v) is 1.81. The molecule has 0 radical (unpaired) electrons. The van der Waals surface area contributed by atoms with Crippen LogP contribution < -0.4 is 10.6 Å². The van der Waals surface area contributed by atoms with E-state index in [-0.39, 0.29) is 24.0 Å². The molecule has 1 amide bonds. The monoisotopic (exact) mass is 253 g/mol. The summed E-state index contributed by atoms with van der Waals surface area (Å²) in [5, 5.41) is 14.1. The van der Waals surface area contributed by atoms with Crippen molar-refractivity contribution in [2.45, 2.75) is 33.2 Å². The van der Waals surface area contributed by atoms with Crippen molar-refractivity contribution in [2.75, 3.05) is 13.2 Å². The molecule has 18 heavy (non-hydrogen) atoms. The average Bonchev–Trinajstić information content (AvgIpc) is 2.28. The lowest BCUT2D eigenvalue weighted by atomic mass is 10.2. The Kier molecular flexibility index (Phi) is 8.03. The quantitative estimate of drug-likeness (QED) is 0.298. The predicted molar refractivity (Wildman–Crippen MR) is 66.2 cm³/mol. The zero-order chi connectivity index (χ0) is 14.0. The van der Waals surface area contributed by atoms with Gasteiger partial charge < -0.3 is 15.4 Å². The van der Waals surface area contributed by atoms with Crippen molar-refractivity contribution in [2.24, 2.45) is 0 Å². The van der Waals surface area contributed by atoms with Crippen LogP contribution in [0.5, 0.6) is 0 Å². The minimum atomic E-state index is -0.434. The van der Waals surface area contributed by atoms with Crippen molar-refractivity contribution >= 4 is 11.9 Å². The standard InChI is InChI=1S/C12H19N3O3/c1-4-18-11(16)5-6-14-8-10(7-13)12(17)15-9(2)3/h8-9,14H,4-6H2,1-3H3,(H,15,17)/b10-8-. The Morgan fingerprint density at radius 3 is 2.61 bits per heavy atom. The number of carbonyl (C=O) groups is 2. The van der Waals surface area contributed by atoms with E-state index in [0.29, 0.717) is 13.2 Å². The largest absolute Gasteiger partial charge is 0.466 e. The first kappa shape index (κ1) is 16.0. The Morgan fingerprint density at radius 1 is 1.44 bits per heavy atom. The Balaban J connectivity index is 4.10. The lowest BCUT2D eigenvalue weighted by Crippen LogP contribution is -2.31. The minimum Gasteiger partial charge on any atom is -0.466 e. The summed E-state index contributed by atoms with van der Waals surface area (Å²) in [6, 6.07) is 1.76. The Bertz CT molecular complexity index is 356. The molecular formula is C12H19N3O3. The molecule has 0 bridgehead atoms. The van der Waals surface area contributed by atoms with Gasteiger partial charge in [-0.3, -0.25) is 9.59 Å². The fourth-order valence-electron chi connectivity index (χ4n) is 1.07. The fourth-order valence-corrected chi connectivity index (χ4v) is 1.07. The Labute approximate surface area is 107 Å². The maximum Gasteiger partial charge on any atom is 0.307 e. The third kappa shape index (κ3) is 7.28. The normalized spacial score (nSPS) is 10.7. The molecule has 0 aromatic carbocycles. The van der Waals surface area contributed by atoms with Crippen LogP contribution in [-0.4, -0.2) is 31.1 Å². The fraction of sp³-hybridized carbons (Fsp3) is 0.583. The highest BCUT2D eigenvalue weighted by atomic mass is 16.5. The molecule has 0 aromatic rings. The van der Waals surface area contributed by atoms with E-state index >= 15 is 0 Å². The number of ether oxygens (including phenoxy) is 1. The van der Waals surface area contributed by atoms with Gasteiger partial charge in [-0.2, -0.15) is 5.26 Å². The molecule has 0 aliphatic rings. The van der Waals surface area contributed by atoms with Crippen LogP contribution in [0.15, 0.2) is 11.8 Å². The number of nitriles is 1. The highest BCUT2D eigenvalue weighted by Gasteiger charge is 2.09. The summed E-state index contributed by atoms with van der Waals surface area (Å²) >= 11 is 0. The van der Waals surface area contributed by atoms with Gasteiger partial charge in [0, 0.05) is 18.8 Å². The second-order valence-corrected chi connectivity index (χ2v) is 3.81. The van der Waals surface area contributed by atoms with Gasteiger partial charge in [-0.25, -0.2) is 0 Å². The summed E-state index contributed by atoms with van der Waals surface area (Å²) < 4.78 is 4.73. The van der Waals surface area contributed by atoms with Crippen molar-refractivity contribution in [3.05, 3.63) is 11.8 Å². The number of esters is 1. The molecular weight excluding hydrogens is 234 g/mol. The molecule has 0 spiro atoms. The molecule has 0 unspecified atom stereocenters. The van der Waals surface area contributed by atoms with E-state index in [1.165, 1.54) is 6.20 Å². The van der Waals surface area contributed by atoms with Gasteiger partial charge in [0.2, 0.25) is 0 Å². The summed E-state index contributed by atoms with van der Waals surface area (Å²) in [6.07, 6.45) is 1.49. The van der Waals surface area contributed by atoms with Crippen LogP contribution in [-0.2, 0) is 14.3 Å². The van der Waals surface area contributed by atoms with Crippen molar-refractivity contribution in [1.82, 2.24) is 10.6 Å². The van der Waals surface area contributed by atoms with Crippen molar-refractivity contribution in [3.8, 4) is 6.07 Å². The number of nitrogens with one attached hydrogen (secondary N) is 2. The van der Waals surface area contributed by atoms with Crippen LogP contribution in [0.2, 0.25) is 0 Å². The maximum atomic E-state index is 11.5. The lowest BCUT2D eigenvalue weighted by Gasteiger charge is -2.07. The summed E-state index contributed by atoms with van der Waals surface area (Å²) in [7, 11) is 0. The number of amides is 1. The number of hydrogen-bond acceptors (Lipinski definition) is 5. The maximum absolute atomic E-state index is 11.5. The van der Waals surface area contributed by atoms with E-state index in [0.717, 1.165) is 0 Å². The van der Waals surface area contributed by atoms with Crippen LogP contribution in [0.1, 0.15) is 27.2 Å². The van der Waals surface area contributed by atoms with Gasteiger partial charge in [-0.05, 0) is 20.8 Å². The molecule has 0 saturated heterocycles. The first-order valence-electron chi connectivity index (χ1n) is 5.81. The highest BCUT2D eigenvalue weighted by Crippen LogP contribution is 1.92. The van der Waals surface area contributed by atoms with Crippen molar-refractivity contribution < 1.29 is 14.3 Å². The molecule has 0 saturated carbocycles. The summed E-state index contributed by atoms with van der Waals surface area (Å²) in [5.74, 6) is -0.750. The van der Waals surface area contributed by atoms with Crippen LogP contribution in [0.3, 0.4) is 0 Å². The van der Waals surface area contributed by atoms with Gasteiger partial charge in [0.25, 0.3) is 5.91 Å². The summed E-state index contributed by atoms with van der Waals surface area (Å²) in [5.41, 5.74) is -0.0208. The molecule has 2 N–H and O–H groups in total. The molecule has 0 fully saturated rings. The SMILES string of the molecule is CCOC(=O)CCN/C=C(/C#N)C(=O)NC(C)C. The van der Waals surface area contributed by atoms with Gasteiger partial charge in [-0.15, -0.1) is 0 Å². The molecule has 100 valence electrons. The molecule has 0 heterocycles. The van der Waals surface area contributed by atoms with Crippen LogP contribution in [0.25, 0.3) is 0 Å². The van der Waals surface area contributed by atoms with Crippen molar-refractivity contribution in [3.63, 3.8) is 0 Å². The van der Waals surface area contributed by atoms with E-state index in [1.807, 2.05) is 0 Å². The third-order valence-electron chi connectivity index (χ3n) is 1.81. The van der Waals surface area contributed by atoms with Crippen molar-refractivity contribution in [1.29, 1.82) is 5.26 Å². The van der Waals surface area contributed by atoms with Gasteiger partial charge >= 0.3 is 5.97 Å². The molecule has 6 heteroatoms. The van der Waals surface area contributed by atoms with E-state index in [1.54, 1.807) is 26.8 Å². The predicted octanol–water partition coefficient (Wildman–Crippen LogP) is 0.461. The Hall–Kier alpha value is -2.03. The molecule has 0 aromatic heterocycles. The lowest BCUT2D eigenvalue weighted by molar-refractivity contribution is -0.142. The zero-order valence-electron chi connectivity index (χ0n) is 10.9. The minimum absolute atomic E-state index is 0.0208. The zero-order valence-corrected chi connectivity index (χ0v) is 10.9. The van der Waals surface area contributed by atoms with E-state index in [2.05, 4.69) is 10.6 Å². The topological polar surface area (TPSA) is 91.2 Å². The molecule has 6 nitrogen and oxygen atoms in total. The van der Waals surface area contributed by atoms with Gasteiger partial charge in [0.15, 0.2) is 0 Å². The first-order valence-corrected chi connectivity index (χ1v) is 5.81.